The summed E-state index contributed by atoms with van der Waals surface area (Å²) in [6.07, 6.45) is 1.93. The summed E-state index contributed by atoms with van der Waals surface area (Å²) < 4.78 is 2.00. The molecule has 0 saturated carbocycles. The summed E-state index contributed by atoms with van der Waals surface area (Å²) in [6.45, 7) is 7.22. The normalized spacial score (nSPS) is 10.8. The van der Waals surface area contributed by atoms with Gasteiger partial charge in [-0.1, -0.05) is 6.07 Å². The third kappa shape index (κ3) is 2.24. The molecule has 90 valence electrons. The van der Waals surface area contributed by atoms with Gasteiger partial charge >= 0.3 is 0 Å². The minimum Gasteiger partial charge on any atom is -0.316 e. The third-order valence-corrected chi connectivity index (χ3v) is 3.21. The van der Waals surface area contributed by atoms with Gasteiger partial charge in [0.05, 0.1) is 11.9 Å². The largest absolute Gasteiger partial charge is 0.316 e. The van der Waals surface area contributed by atoms with E-state index in [1.165, 1.54) is 22.4 Å². The average Bonchev–Trinajstić information content (AvgIpc) is 2.66. The number of nitrogens with zero attached hydrogens (tertiary/aromatic N) is 2. The van der Waals surface area contributed by atoms with E-state index in [9.17, 15) is 0 Å². The lowest BCUT2D eigenvalue weighted by molar-refractivity contribution is 0.801. The first-order valence-corrected chi connectivity index (χ1v) is 5.89. The van der Waals surface area contributed by atoms with Crippen molar-refractivity contribution >= 4 is 0 Å². The second-order valence-electron chi connectivity index (χ2n) is 4.47. The maximum atomic E-state index is 4.45. The van der Waals surface area contributed by atoms with Gasteiger partial charge in [0.25, 0.3) is 0 Å². The highest BCUT2D eigenvalue weighted by molar-refractivity contribution is 5.41. The number of hydrogen-bond acceptors (Lipinski definition) is 2. The number of rotatable bonds is 3. The van der Waals surface area contributed by atoms with Gasteiger partial charge in [-0.05, 0) is 51.1 Å². The van der Waals surface area contributed by atoms with Crippen molar-refractivity contribution in [2.45, 2.75) is 27.3 Å². The Hall–Kier alpha value is -1.61. The molecule has 3 heteroatoms. The number of hydrogen-bond donors (Lipinski definition) is 1. The summed E-state index contributed by atoms with van der Waals surface area (Å²) in [6, 6.07) is 6.44. The fourth-order valence-corrected chi connectivity index (χ4v) is 1.93. The summed E-state index contributed by atoms with van der Waals surface area (Å²) >= 11 is 0. The third-order valence-electron chi connectivity index (χ3n) is 3.21. The van der Waals surface area contributed by atoms with Gasteiger partial charge in [-0.25, -0.2) is 4.68 Å². The Morgan fingerprint density at radius 2 is 1.94 bits per heavy atom. The Morgan fingerprint density at radius 1 is 1.18 bits per heavy atom. The zero-order chi connectivity index (χ0) is 12.4. The molecular weight excluding hydrogens is 210 g/mol. The minimum atomic E-state index is 0.858. The van der Waals surface area contributed by atoms with Gasteiger partial charge in [0.15, 0.2) is 0 Å². The molecule has 2 rings (SSSR count). The van der Waals surface area contributed by atoms with E-state index in [0.717, 1.165) is 12.2 Å². The zero-order valence-corrected chi connectivity index (χ0v) is 10.9. The quantitative estimate of drug-likeness (QED) is 0.876. The van der Waals surface area contributed by atoms with Crippen molar-refractivity contribution < 1.29 is 0 Å². The summed E-state index contributed by atoms with van der Waals surface area (Å²) in [7, 11) is 1.95. The van der Waals surface area contributed by atoms with Gasteiger partial charge in [0, 0.05) is 17.8 Å². The van der Waals surface area contributed by atoms with Crippen LogP contribution in [0, 0.1) is 20.8 Å². The lowest BCUT2D eigenvalue weighted by Gasteiger charge is -2.08. The Kier molecular flexibility index (Phi) is 3.29. The predicted molar refractivity (Wildman–Crippen MR) is 70.5 cm³/mol. The maximum absolute atomic E-state index is 4.45. The average molecular weight is 229 g/mol. The zero-order valence-electron chi connectivity index (χ0n) is 10.9. The lowest BCUT2D eigenvalue weighted by Crippen LogP contribution is -2.06. The van der Waals surface area contributed by atoms with Crippen LogP contribution in [-0.2, 0) is 6.54 Å². The molecule has 0 aliphatic rings. The van der Waals surface area contributed by atoms with Crippen LogP contribution in [0.5, 0.6) is 0 Å². The molecule has 0 unspecified atom stereocenters. The molecule has 0 radical (unpaired) electrons. The fraction of sp³-hybridized carbons (Fsp3) is 0.357. The van der Waals surface area contributed by atoms with Crippen LogP contribution < -0.4 is 5.32 Å². The Balaban J connectivity index is 2.42. The molecule has 17 heavy (non-hydrogen) atoms. The topological polar surface area (TPSA) is 29.9 Å². The summed E-state index contributed by atoms with van der Waals surface area (Å²) in [4.78, 5) is 0. The Bertz CT molecular complexity index is 526. The molecular formula is C14H19N3. The second kappa shape index (κ2) is 4.72. The SMILES string of the molecule is CNCc1cnn(-c2ccc(C)c(C)c2)c1C. The van der Waals surface area contributed by atoms with Gasteiger partial charge in [-0.3, -0.25) is 0 Å². The van der Waals surface area contributed by atoms with Crippen LogP contribution in [0.3, 0.4) is 0 Å². The number of aromatic nitrogens is 2. The van der Waals surface area contributed by atoms with E-state index in [2.05, 4.69) is 49.4 Å². The molecule has 0 bridgehead atoms. The van der Waals surface area contributed by atoms with E-state index in [0.29, 0.717) is 0 Å². The standard InChI is InChI=1S/C14H19N3/c1-10-5-6-14(7-11(10)2)17-12(3)13(8-15-4)9-16-17/h5-7,9,15H,8H2,1-4H3. The smallest absolute Gasteiger partial charge is 0.0651 e. The van der Waals surface area contributed by atoms with Crippen molar-refractivity contribution in [1.29, 1.82) is 0 Å². The maximum Gasteiger partial charge on any atom is 0.0651 e. The van der Waals surface area contributed by atoms with E-state index in [-0.39, 0.29) is 0 Å². The summed E-state index contributed by atoms with van der Waals surface area (Å²) in [5.41, 5.74) is 6.18. The van der Waals surface area contributed by atoms with Crippen LogP contribution in [-0.4, -0.2) is 16.8 Å². The molecule has 0 saturated heterocycles. The highest BCUT2D eigenvalue weighted by atomic mass is 15.3. The molecule has 1 aromatic carbocycles. The highest BCUT2D eigenvalue weighted by Crippen LogP contribution is 2.17. The van der Waals surface area contributed by atoms with Gasteiger partial charge in [-0.2, -0.15) is 5.10 Å². The van der Waals surface area contributed by atoms with Crippen molar-refractivity contribution in [3.8, 4) is 5.69 Å². The van der Waals surface area contributed by atoms with Crippen molar-refractivity contribution in [2.75, 3.05) is 7.05 Å². The highest BCUT2D eigenvalue weighted by Gasteiger charge is 2.07. The molecule has 0 spiro atoms. The molecule has 1 aromatic heterocycles. The minimum absolute atomic E-state index is 0.858. The molecule has 0 amide bonds. The molecule has 0 aliphatic heterocycles. The van der Waals surface area contributed by atoms with Crippen LogP contribution in [0.1, 0.15) is 22.4 Å². The number of benzene rings is 1. The first kappa shape index (κ1) is 11.9. The molecule has 1 N–H and O–H groups in total. The van der Waals surface area contributed by atoms with Gasteiger partial charge in [0.2, 0.25) is 0 Å². The summed E-state index contributed by atoms with van der Waals surface area (Å²) in [5.74, 6) is 0. The van der Waals surface area contributed by atoms with Crippen LogP contribution in [0.2, 0.25) is 0 Å². The van der Waals surface area contributed by atoms with Crippen molar-refractivity contribution in [2.24, 2.45) is 0 Å². The fourth-order valence-electron chi connectivity index (χ4n) is 1.93. The molecule has 1 heterocycles. The van der Waals surface area contributed by atoms with E-state index < -0.39 is 0 Å². The van der Waals surface area contributed by atoms with E-state index in [1.54, 1.807) is 0 Å². The Morgan fingerprint density at radius 3 is 2.59 bits per heavy atom. The Labute approximate surface area is 102 Å². The van der Waals surface area contributed by atoms with Gasteiger partial charge in [-0.15, -0.1) is 0 Å². The monoisotopic (exact) mass is 229 g/mol. The molecule has 2 aromatic rings. The number of aryl methyl sites for hydroxylation is 2. The molecule has 0 atom stereocenters. The van der Waals surface area contributed by atoms with Crippen LogP contribution in [0.4, 0.5) is 0 Å². The van der Waals surface area contributed by atoms with Crippen molar-refractivity contribution in [3.05, 3.63) is 46.8 Å². The second-order valence-corrected chi connectivity index (χ2v) is 4.47. The van der Waals surface area contributed by atoms with Gasteiger partial charge < -0.3 is 5.32 Å². The number of nitrogens with one attached hydrogen (secondary N) is 1. The van der Waals surface area contributed by atoms with Crippen LogP contribution in [0.25, 0.3) is 5.69 Å². The molecule has 0 aliphatic carbocycles. The van der Waals surface area contributed by atoms with E-state index in [4.69, 9.17) is 0 Å². The lowest BCUT2D eigenvalue weighted by atomic mass is 10.1. The van der Waals surface area contributed by atoms with Crippen LogP contribution in [0.15, 0.2) is 24.4 Å². The van der Waals surface area contributed by atoms with E-state index in [1.807, 2.05) is 17.9 Å². The first-order valence-electron chi connectivity index (χ1n) is 5.89. The van der Waals surface area contributed by atoms with Crippen molar-refractivity contribution in [3.63, 3.8) is 0 Å². The summed E-state index contributed by atoms with van der Waals surface area (Å²) in [5, 5.41) is 7.61. The molecule has 3 nitrogen and oxygen atoms in total. The molecule has 0 fully saturated rings. The predicted octanol–water partition coefficient (Wildman–Crippen LogP) is 2.52. The first-order chi connectivity index (χ1) is 8.13. The van der Waals surface area contributed by atoms with Gasteiger partial charge in [0.1, 0.15) is 0 Å². The van der Waals surface area contributed by atoms with Crippen LogP contribution >= 0.6 is 0 Å². The van der Waals surface area contributed by atoms with Crippen molar-refractivity contribution in [1.82, 2.24) is 15.1 Å². The van der Waals surface area contributed by atoms with E-state index >= 15 is 0 Å².